The Balaban J connectivity index is 1.60. The average Bonchev–Trinajstić information content (AvgIpc) is 3.25. The van der Waals surface area contributed by atoms with Gasteiger partial charge in [-0.1, -0.05) is 29.5 Å². The van der Waals surface area contributed by atoms with Gasteiger partial charge in [0.2, 0.25) is 5.91 Å². The van der Waals surface area contributed by atoms with Crippen molar-refractivity contribution in [3.05, 3.63) is 46.7 Å². The van der Waals surface area contributed by atoms with Crippen LogP contribution < -0.4 is 10.1 Å². The molecule has 0 saturated heterocycles. The smallest absolute Gasteiger partial charge is 0.239 e. The highest BCUT2D eigenvalue weighted by Crippen LogP contribution is 2.24. The van der Waals surface area contributed by atoms with Gasteiger partial charge in [-0.15, -0.1) is 21.5 Å². The Hall–Kier alpha value is -2.39. The highest BCUT2D eigenvalue weighted by molar-refractivity contribution is 8.00. The molecule has 0 unspecified atom stereocenters. The molecule has 142 valence electrons. The second-order valence-corrected chi connectivity index (χ2v) is 8.30. The molecule has 0 aliphatic rings. The number of thiazole rings is 1. The van der Waals surface area contributed by atoms with Crippen molar-refractivity contribution in [2.45, 2.75) is 37.8 Å². The average molecular weight is 404 g/mol. The van der Waals surface area contributed by atoms with Crippen LogP contribution in [0.25, 0.3) is 0 Å². The van der Waals surface area contributed by atoms with Crippen LogP contribution in [0.15, 0.2) is 34.9 Å². The lowest BCUT2D eigenvalue weighted by atomic mass is 10.1. The fourth-order valence-electron chi connectivity index (χ4n) is 2.38. The monoisotopic (exact) mass is 403 g/mol. The molecule has 2 heterocycles. The van der Waals surface area contributed by atoms with E-state index in [2.05, 4.69) is 33.5 Å². The van der Waals surface area contributed by atoms with Crippen LogP contribution in [-0.4, -0.2) is 30.9 Å². The van der Waals surface area contributed by atoms with Crippen molar-refractivity contribution in [2.75, 3.05) is 5.32 Å². The molecule has 1 atom stereocenters. The third-order valence-corrected chi connectivity index (χ3v) is 5.75. The van der Waals surface area contributed by atoms with Gasteiger partial charge in [-0.25, -0.2) is 4.98 Å². The standard InChI is InChI=1S/C18H21N5O2S2/c1-11-5-6-14(12(2)9-11)25-10-15-21-22-18(23(15)4)27-13(3)16(24)20-17-19-7-8-26-17/h5-9,13H,10H2,1-4H3,(H,19,20,24)/t13-/m1/s1. The number of nitrogens with zero attached hydrogens (tertiary/aromatic N) is 4. The Morgan fingerprint density at radius 1 is 1.37 bits per heavy atom. The molecule has 0 spiro atoms. The number of aromatic nitrogens is 4. The molecule has 2 aromatic heterocycles. The molecule has 3 aromatic rings. The van der Waals surface area contributed by atoms with Crippen LogP contribution in [0.5, 0.6) is 5.75 Å². The predicted octanol–water partition coefficient (Wildman–Crippen LogP) is 3.59. The molecule has 27 heavy (non-hydrogen) atoms. The molecule has 0 aliphatic heterocycles. The van der Waals surface area contributed by atoms with E-state index in [0.29, 0.717) is 22.7 Å². The van der Waals surface area contributed by atoms with Gasteiger partial charge >= 0.3 is 0 Å². The Morgan fingerprint density at radius 3 is 2.89 bits per heavy atom. The number of amides is 1. The minimum Gasteiger partial charge on any atom is -0.485 e. The van der Waals surface area contributed by atoms with Crippen molar-refractivity contribution in [3.8, 4) is 5.75 Å². The van der Waals surface area contributed by atoms with Gasteiger partial charge < -0.3 is 14.6 Å². The number of hydrogen-bond donors (Lipinski definition) is 1. The lowest BCUT2D eigenvalue weighted by Gasteiger charge is -2.11. The minimum atomic E-state index is -0.329. The quantitative estimate of drug-likeness (QED) is 0.607. The van der Waals surface area contributed by atoms with Crippen LogP contribution in [0.3, 0.4) is 0 Å². The Morgan fingerprint density at radius 2 is 2.19 bits per heavy atom. The van der Waals surface area contributed by atoms with Crippen molar-refractivity contribution in [3.63, 3.8) is 0 Å². The molecule has 7 nitrogen and oxygen atoms in total. The van der Waals surface area contributed by atoms with E-state index in [0.717, 1.165) is 11.3 Å². The van der Waals surface area contributed by atoms with Crippen molar-refractivity contribution in [1.29, 1.82) is 0 Å². The summed E-state index contributed by atoms with van der Waals surface area (Å²) in [6, 6.07) is 6.06. The normalized spacial score (nSPS) is 12.0. The first-order chi connectivity index (χ1) is 12.9. The zero-order valence-electron chi connectivity index (χ0n) is 15.6. The van der Waals surface area contributed by atoms with E-state index >= 15 is 0 Å². The molecule has 1 aromatic carbocycles. The van der Waals surface area contributed by atoms with Gasteiger partial charge in [0.25, 0.3) is 0 Å². The van der Waals surface area contributed by atoms with E-state index in [9.17, 15) is 4.79 Å². The second-order valence-electron chi connectivity index (χ2n) is 6.10. The van der Waals surface area contributed by atoms with Gasteiger partial charge in [0.05, 0.1) is 5.25 Å². The number of nitrogens with one attached hydrogen (secondary N) is 1. The molecule has 0 aliphatic carbocycles. The van der Waals surface area contributed by atoms with E-state index < -0.39 is 0 Å². The maximum absolute atomic E-state index is 12.3. The zero-order chi connectivity index (χ0) is 19.4. The summed E-state index contributed by atoms with van der Waals surface area (Å²) in [5.74, 6) is 1.41. The number of benzene rings is 1. The Labute approximate surface area is 166 Å². The molecule has 3 rings (SSSR count). The summed E-state index contributed by atoms with van der Waals surface area (Å²) in [6.45, 7) is 6.21. The van der Waals surface area contributed by atoms with Gasteiger partial charge in [0, 0.05) is 18.6 Å². The topological polar surface area (TPSA) is 81.9 Å². The first-order valence-corrected chi connectivity index (χ1v) is 10.2. The highest BCUT2D eigenvalue weighted by atomic mass is 32.2. The summed E-state index contributed by atoms with van der Waals surface area (Å²) in [6.07, 6.45) is 1.66. The largest absolute Gasteiger partial charge is 0.485 e. The molecule has 0 bridgehead atoms. The van der Waals surface area contributed by atoms with Gasteiger partial charge in [0.15, 0.2) is 16.1 Å². The first kappa shape index (κ1) is 19.4. The van der Waals surface area contributed by atoms with Crippen LogP contribution in [0.4, 0.5) is 5.13 Å². The Bertz CT molecular complexity index is 924. The van der Waals surface area contributed by atoms with E-state index in [4.69, 9.17) is 4.74 Å². The predicted molar refractivity (Wildman–Crippen MR) is 107 cm³/mol. The molecule has 0 fully saturated rings. The van der Waals surface area contributed by atoms with Crippen molar-refractivity contribution in [1.82, 2.24) is 19.7 Å². The maximum Gasteiger partial charge on any atom is 0.239 e. The zero-order valence-corrected chi connectivity index (χ0v) is 17.2. The third kappa shape index (κ3) is 4.86. The SMILES string of the molecule is Cc1ccc(OCc2nnc(S[C@H](C)C(=O)Nc3nccs3)n2C)c(C)c1. The van der Waals surface area contributed by atoms with Crippen LogP contribution in [0.1, 0.15) is 23.9 Å². The van der Waals surface area contributed by atoms with Gasteiger partial charge in [-0.05, 0) is 32.4 Å². The summed E-state index contributed by atoms with van der Waals surface area (Å²) in [5.41, 5.74) is 2.28. The molecule has 1 N–H and O–H groups in total. The van der Waals surface area contributed by atoms with Crippen molar-refractivity contribution < 1.29 is 9.53 Å². The van der Waals surface area contributed by atoms with E-state index in [1.807, 2.05) is 43.0 Å². The molecule has 0 radical (unpaired) electrons. The lowest BCUT2D eigenvalue weighted by molar-refractivity contribution is -0.115. The number of hydrogen-bond acceptors (Lipinski definition) is 7. The molecular formula is C18H21N5O2S2. The molecule has 1 amide bonds. The van der Waals surface area contributed by atoms with Crippen LogP contribution in [-0.2, 0) is 18.4 Å². The summed E-state index contributed by atoms with van der Waals surface area (Å²) in [5, 5.41) is 13.9. The summed E-state index contributed by atoms with van der Waals surface area (Å²) in [4.78, 5) is 16.3. The first-order valence-electron chi connectivity index (χ1n) is 8.39. The third-order valence-electron chi connectivity index (χ3n) is 3.93. The van der Waals surface area contributed by atoms with Crippen LogP contribution in [0.2, 0.25) is 0 Å². The van der Waals surface area contributed by atoms with Gasteiger partial charge in [-0.3, -0.25) is 4.79 Å². The highest BCUT2D eigenvalue weighted by Gasteiger charge is 2.19. The molecule has 9 heteroatoms. The number of aryl methyl sites for hydroxylation is 2. The minimum absolute atomic E-state index is 0.119. The van der Waals surface area contributed by atoms with Gasteiger partial charge in [0.1, 0.15) is 12.4 Å². The maximum atomic E-state index is 12.3. The molecular weight excluding hydrogens is 382 g/mol. The number of anilines is 1. The van der Waals surface area contributed by atoms with Crippen LogP contribution in [0, 0.1) is 13.8 Å². The number of thioether (sulfide) groups is 1. The summed E-state index contributed by atoms with van der Waals surface area (Å²) < 4.78 is 7.72. The van der Waals surface area contributed by atoms with Crippen molar-refractivity contribution >= 4 is 34.1 Å². The van der Waals surface area contributed by atoms with Crippen molar-refractivity contribution in [2.24, 2.45) is 7.05 Å². The van der Waals surface area contributed by atoms with Crippen LogP contribution >= 0.6 is 23.1 Å². The number of ether oxygens (including phenoxy) is 1. The lowest BCUT2D eigenvalue weighted by Crippen LogP contribution is -2.22. The van der Waals surface area contributed by atoms with Gasteiger partial charge in [-0.2, -0.15) is 0 Å². The fourth-order valence-corrected chi connectivity index (χ4v) is 3.75. The summed E-state index contributed by atoms with van der Waals surface area (Å²) >= 11 is 2.73. The number of carbonyl (C=O) groups excluding carboxylic acids is 1. The number of rotatable bonds is 7. The fraction of sp³-hybridized carbons (Fsp3) is 0.333. The summed E-state index contributed by atoms with van der Waals surface area (Å²) in [7, 11) is 1.87. The number of carbonyl (C=O) groups is 1. The van der Waals surface area contributed by atoms with E-state index in [1.165, 1.54) is 28.7 Å². The van der Waals surface area contributed by atoms with E-state index in [-0.39, 0.29) is 11.2 Å². The Kier molecular flexibility index (Phi) is 6.12. The second kappa shape index (κ2) is 8.53. The van der Waals surface area contributed by atoms with E-state index in [1.54, 1.807) is 6.20 Å². The molecule has 0 saturated carbocycles.